The van der Waals surface area contributed by atoms with Crippen LogP contribution in [-0.4, -0.2) is 20.7 Å². The summed E-state index contributed by atoms with van der Waals surface area (Å²) < 4.78 is 1.94. The Morgan fingerprint density at radius 3 is 2.63 bits per heavy atom. The predicted octanol–water partition coefficient (Wildman–Crippen LogP) is 4.83. The number of amides is 1. The van der Waals surface area contributed by atoms with E-state index in [-0.39, 0.29) is 22.1 Å². The van der Waals surface area contributed by atoms with Crippen LogP contribution in [0.25, 0.3) is 0 Å². The van der Waals surface area contributed by atoms with Crippen molar-refractivity contribution in [3.63, 3.8) is 0 Å². The van der Waals surface area contributed by atoms with Crippen molar-refractivity contribution in [3.8, 4) is 0 Å². The molecule has 4 fully saturated rings. The molecule has 27 heavy (non-hydrogen) atoms. The summed E-state index contributed by atoms with van der Waals surface area (Å²) in [7, 11) is 0. The lowest BCUT2D eigenvalue weighted by Crippen LogP contribution is -2.60. The summed E-state index contributed by atoms with van der Waals surface area (Å²) in [5.74, 6) is 1.23. The van der Waals surface area contributed by atoms with Crippen molar-refractivity contribution in [1.82, 2.24) is 14.8 Å². The molecule has 1 heterocycles. The van der Waals surface area contributed by atoms with E-state index in [1.54, 1.807) is 6.33 Å². The zero-order valence-electron chi connectivity index (χ0n) is 15.2. The summed E-state index contributed by atoms with van der Waals surface area (Å²) >= 11 is 12.2. The van der Waals surface area contributed by atoms with Gasteiger partial charge in [0.25, 0.3) is 0 Å². The molecule has 6 rings (SSSR count). The Balaban J connectivity index is 1.48. The number of halogens is 2. The molecule has 2 aromatic rings. The van der Waals surface area contributed by atoms with Crippen LogP contribution >= 0.6 is 23.2 Å². The molecule has 1 N–H and O–H groups in total. The van der Waals surface area contributed by atoms with E-state index in [9.17, 15) is 4.79 Å². The molecular formula is C20H22Cl2N4O. The van der Waals surface area contributed by atoms with E-state index in [0.717, 1.165) is 43.4 Å². The third-order valence-electron chi connectivity index (χ3n) is 6.98. The second-order valence-electron chi connectivity index (χ2n) is 8.79. The van der Waals surface area contributed by atoms with Gasteiger partial charge in [-0.25, -0.2) is 9.67 Å². The molecule has 1 amide bonds. The first-order valence-electron chi connectivity index (χ1n) is 9.53. The van der Waals surface area contributed by atoms with E-state index in [4.69, 9.17) is 23.2 Å². The van der Waals surface area contributed by atoms with Crippen LogP contribution in [-0.2, 0) is 10.3 Å². The number of benzene rings is 1. The molecule has 5 nitrogen and oxygen atoms in total. The molecule has 7 heteroatoms. The highest BCUT2D eigenvalue weighted by atomic mass is 35.5. The van der Waals surface area contributed by atoms with E-state index in [1.165, 1.54) is 6.42 Å². The van der Waals surface area contributed by atoms with E-state index in [0.29, 0.717) is 16.9 Å². The lowest BCUT2D eigenvalue weighted by Gasteiger charge is -2.60. The summed E-state index contributed by atoms with van der Waals surface area (Å²) in [4.78, 5) is 17.6. The van der Waals surface area contributed by atoms with Crippen LogP contribution in [0.1, 0.15) is 44.1 Å². The number of aromatic nitrogens is 3. The standard InChI is InChI=1S/C20H22Cl2N4O/c1-12-15(21)3-2-4-16(12)24-17(27)19-6-13-5-14(7-19)9-20(8-13,10-19)26-11-23-18(22)25-26/h2-4,11,13-14H,5-10H2,1H3,(H,24,27)/t13-,14+,19?,20?. The van der Waals surface area contributed by atoms with Crippen LogP contribution in [0.4, 0.5) is 5.69 Å². The molecule has 0 spiro atoms. The maximum Gasteiger partial charge on any atom is 0.242 e. The second kappa shape index (κ2) is 5.95. The van der Waals surface area contributed by atoms with Gasteiger partial charge in [0.05, 0.1) is 11.0 Å². The van der Waals surface area contributed by atoms with Crippen LogP contribution in [0.5, 0.6) is 0 Å². The normalized spacial score (nSPS) is 34.0. The molecule has 4 aliphatic rings. The average molecular weight is 405 g/mol. The van der Waals surface area contributed by atoms with Crippen LogP contribution in [0.3, 0.4) is 0 Å². The van der Waals surface area contributed by atoms with Gasteiger partial charge in [-0.05, 0) is 86.6 Å². The molecule has 142 valence electrons. The highest BCUT2D eigenvalue weighted by molar-refractivity contribution is 6.31. The van der Waals surface area contributed by atoms with Crippen molar-refractivity contribution in [2.45, 2.75) is 51.0 Å². The minimum Gasteiger partial charge on any atom is -0.325 e. The molecule has 4 atom stereocenters. The van der Waals surface area contributed by atoms with Crippen molar-refractivity contribution in [3.05, 3.63) is 40.4 Å². The third-order valence-corrected chi connectivity index (χ3v) is 7.56. The average Bonchev–Trinajstić information content (AvgIpc) is 3.05. The Labute approximate surface area is 168 Å². The van der Waals surface area contributed by atoms with Crippen molar-refractivity contribution in [2.75, 3.05) is 5.32 Å². The Morgan fingerprint density at radius 1 is 1.22 bits per heavy atom. The number of hydrogen-bond acceptors (Lipinski definition) is 3. The van der Waals surface area contributed by atoms with Crippen molar-refractivity contribution < 1.29 is 4.79 Å². The largest absolute Gasteiger partial charge is 0.325 e. The third kappa shape index (κ3) is 2.70. The number of anilines is 1. The molecule has 0 saturated heterocycles. The van der Waals surface area contributed by atoms with E-state index in [2.05, 4.69) is 15.4 Å². The summed E-state index contributed by atoms with van der Waals surface area (Å²) in [5.41, 5.74) is 1.23. The zero-order chi connectivity index (χ0) is 18.8. The first-order chi connectivity index (χ1) is 12.9. The highest BCUT2D eigenvalue weighted by Gasteiger charge is 2.61. The van der Waals surface area contributed by atoms with E-state index in [1.807, 2.05) is 29.8 Å². The number of rotatable bonds is 3. The fraction of sp³-hybridized carbons (Fsp3) is 0.550. The molecule has 4 bridgehead atoms. The van der Waals surface area contributed by atoms with Gasteiger partial charge in [0.1, 0.15) is 6.33 Å². The number of nitrogens with one attached hydrogen (secondary N) is 1. The fourth-order valence-corrected chi connectivity index (χ4v) is 6.52. The van der Waals surface area contributed by atoms with Gasteiger partial charge in [0.2, 0.25) is 11.2 Å². The van der Waals surface area contributed by atoms with Gasteiger partial charge in [-0.15, -0.1) is 5.10 Å². The Morgan fingerprint density at radius 2 is 1.96 bits per heavy atom. The molecule has 4 aliphatic carbocycles. The van der Waals surface area contributed by atoms with Crippen LogP contribution in [0.15, 0.2) is 24.5 Å². The smallest absolute Gasteiger partial charge is 0.242 e. The lowest BCUT2D eigenvalue weighted by molar-refractivity contribution is -0.150. The molecule has 1 aromatic heterocycles. The lowest BCUT2D eigenvalue weighted by atomic mass is 9.46. The molecular weight excluding hydrogens is 383 g/mol. The van der Waals surface area contributed by atoms with Gasteiger partial charge in [-0.1, -0.05) is 17.7 Å². The van der Waals surface area contributed by atoms with Crippen LogP contribution in [0.2, 0.25) is 10.3 Å². The van der Waals surface area contributed by atoms with Gasteiger partial charge in [0.15, 0.2) is 0 Å². The van der Waals surface area contributed by atoms with Crippen LogP contribution < -0.4 is 5.32 Å². The van der Waals surface area contributed by atoms with Crippen molar-refractivity contribution in [1.29, 1.82) is 0 Å². The van der Waals surface area contributed by atoms with Gasteiger partial charge in [-0.2, -0.15) is 0 Å². The van der Waals surface area contributed by atoms with Crippen molar-refractivity contribution >= 4 is 34.8 Å². The Kier molecular flexibility index (Phi) is 3.86. The topological polar surface area (TPSA) is 59.8 Å². The first kappa shape index (κ1) is 17.5. The first-order valence-corrected chi connectivity index (χ1v) is 10.3. The number of carbonyl (C=O) groups is 1. The maximum atomic E-state index is 13.5. The highest BCUT2D eigenvalue weighted by Crippen LogP contribution is 2.64. The zero-order valence-corrected chi connectivity index (χ0v) is 16.7. The molecule has 4 saturated carbocycles. The monoisotopic (exact) mass is 404 g/mol. The summed E-state index contributed by atoms with van der Waals surface area (Å²) in [6.45, 7) is 1.94. The number of carbonyl (C=O) groups excluding carboxylic acids is 1. The molecule has 2 unspecified atom stereocenters. The SMILES string of the molecule is Cc1c(Cl)cccc1NC(=O)C12C[C@H]3C[C@@H](C1)CC(n1cnc(Cl)n1)(C3)C2. The number of nitrogens with zero attached hydrogens (tertiary/aromatic N) is 3. The Hall–Kier alpha value is -1.59. The van der Waals surface area contributed by atoms with Crippen molar-refractivity contribution in [2.24, 2.45) is 17.3 Å². The summed E-state index contributed by atoms with van der Waals surface area (Å²) in [6.07, 6.45) is 7.80. The van der Waals surface area contributed by atoms with Gasteiger partial charge >= 0.3 is 0 Å². The molecule has 0 aliphatic heterocycles. The van der Waals surface area contributed by atoms with Gasteiger partial charge in [0, 0.05) is 10.7 Å². The predicted molar refractivity (Wildman–Crippen MR) is 105 cm³/mol. The van der Waals surface area contributed by atoms with Crippen LogP contribution in [0, 0.1) is 24.2 Å². The molecule has 1 aromatic carbocycles. The molecule has 0 radical (unpaired) electrons. The van der Waals surface area contributed by atoms with Gasteiger partial charge < -0.3 is 5.32 Å². The fourth-order valence-electron chi connectivity index (χ4n) is 6.22. The quantitative estimate of drug-likeness (QED) is 0.796. The summed E-state index contributed by atoms with van der Waals surface area (Å²) in [6, 6.07) is 5.65. The minimum absolute atomic E-state index is 0.123. The summed E-state index contributed by atoms with van der Waals surface area (Å²) in [5, 5.41) is 8.56. The van der Waals surface area contributed by atoms with E-state index < -0.39 is 0 Å². The Bertz CT molecular complexity index is 910. The minimum atomic E-state index is -0.350. The van der Waals surface area contributed by atoms with Gasteiger partial charge in [-0.3, -0.25) is 4.79 Å². The van der Waals surface area contributed by atoms with E-state index >= 15 is 0 Å². The maximum absolute atomic E-state index is 13.5. The second-order valence-corrected chi connectivity index (χ2v) is 9.54. The number of hydrogen-bond donors (Lipinski definition) is 1.